The maximum Gasteiger partial charge on any atom is 0.249 e. The van der Waals surface area contributed by atoms with E-state index in [1.54, 1.807) is 18.2 Å². The first-order chi connectivity index (χ1) is 14.5. The molecule has 4 rings (SSSR count). The van der Waals surface area contributed by atoms with E-state index in [1.807, 2.05) is 16.7 Å². The predicted octanol–water partition coefficient (Wildman–Crippen LogP) is 5.75. The van der Waals surface area contributed by atoms with Crippen LogP contribution < -0.4 is 5.73 Å². The van der Waals surface area contributed by atoms with Gasteiger partial charge in [-0.15, -0.1) is 0 Å². The Morgan fingerprint density at radius 2 is 1.87 bits per heavy atom. The molecule has 0 spiro atoms. The van der Waals surface area contributed by atoms with Gasteiger partial charge < -0.3 is 10.3 Å². The summed E-state index contributed by atoms with van der Waals surface area (Å²) in [5.74, 6) is -2.26. The van der Waals surface area contributed by atoms with Crippen molar-refractivity contribution in [3.05, 3.63) is 82.9 Å². The third-order valence-corrected chi connectivity index (χ3v) is 5.51. The molecule has 5 heteroatoms. The second kappa shape index (κ2) is 8.27. The molecule has 0 aliphatic rings. The summed E-state index contributed by atoms with van der Waals surface area (Å²) in [5.41, 5.74) is 9.56. The van der Waals surface area contributed by atoms with E-state index in [9.17, 15) is 13.6 Å². The molecule has 4 aromatic rings. The fourth-order valence-electron chi connectivity index (χ4n) is 4.02. The number of benzene rings is 3. The SMILES string of the molecule is CCCCCc1c[c]c2c3c(C(N)=O)cccc3n(Cc3ccc(F)c(F)c3)c2c1. The van der Waals surface area contributed by atoms with Crippen LogP contribution in [0.4, 0.5) is 8.78 Å². The Morgan fingerprint density at radius 1 is 1.03 bits per heavy atom. The van der Waals surface area contributed by atoms with Crippen LogP contribution in [0.5, 0.6) is 0 Å². The number of nitrogens with two attached hydrogens (primary N) is 1. The molecule has 1 heterocycles. The number of carbonyl (C=O) groups is 1. The van der Waals surface area contributed by atoms with E-state index in [1.165, 1.54) is 6.07 Å². The lowest BCUT2D eigenvalue weighted by Crippen LogP contribution is -2.11. The fraction of sp³-hybridized carbons (Fsp3) is 0.240. The lowest BCUT2D eigenvalue weighted by atomic mass is 10.0. The molecule has 0 atom stereocenters. The third kappa shape index (κ3) is 3.67. The Hall–Kier alpha value is -3.21. The van der Waals surface area contributed by atoms with Crippen molar-refractivity contribution in [2.24, 2.45) is 5.73 Å². The molecule has 2 N–H and O–H groups in total. The van der Waals surface area contributed by atoms with Crippen LogP contribution in [0.25, 0.3) is 21.8 Å². The molecule has 0 aliphatic heterocycles. The highest BCUT2D eigenvalue weighted by molar-refractivity contribution is 6.17. The van der Waals surface area contributed by atoms with Crippen LogP contribution >= 0.6 is 0 Å². The van der Waals surface area contributed by atoms with E-state index < -0.39 is 17.5 Å². The van der Waals surface area contributed by atoms with Crippen LogP contribution in [0, 0.1) is 17.7 Å². The second-order valence-electron chi connectivity index (χ2n) is 7.62. The zero-order chi connectivity index (χ0) is 21.3. The molecule has 30 heavy (non-hydrogen) atoms. The van der Waals surface area contributed by atoms with Crippen LogP contribution in [0.15, 0.2) is 48.5 Å². The molecule has 0 fully saturated rings. The molecule has 0 saturated carbocycles. The highest BCUT2D eigenvalue weighted by Gasteiger charge is 2.17. The maximum atomic E-state index is 13.8. The quantitative estimate of drug-likeness (QED) is 0.391. The van der Waals surface area contributed by atoms with Crippen LogP contribution in [0.3, 0.4) is 0 Å². The van der Waals surface area contributed by atoms with Crippen LogP contribution in [0.1, 0.15) is 47.7 Å². The molecule has 1 aromatic heterocycles. The van der Waals surface area contributed by atoms with Crippen LogP contribution in [0.2, 0.25) is 0 Å². The van der Waals surface area contributed by atoms with E-state index in [0.717, 1.165) is 59.1 Å². The summed E-state index contributed by atoms with van der Waals surface area (Å²) in [6.45, 7) is 2.51. The Bertz CT molecular complexity index is 1240. The molecule has 3 aromatic carbocycles. The monoisotopic (exact) mass is 405 g/mol. The number of carbonyl (C=O) groups excluding carboxylic acids is 1. The number of fused-ring (bicyclic) bond motifs is 3. The minimum absolute atomic E-state index is 0.339. The first-order valence-electron chi connectivity index (χ1n) is 10.2. The fourth-order valence-corrected chi connectivity index (χ4v) is 4.02. The van der Waals surface area contributed by atoms with Crippen molar-refractivity contribution >= 4 is 27.7 Å². The largest absolute Gasteiger partial charge is 0.366 e. The summed E-state index contributed by atoms with van der Waals surface area (Å²) in [5, 5.41) is 1.55. The average Bonchev–Trinajstić information content (AvgIpc) is 3.04. The van der Waals surface area contributed by atoms with Crippen molar-refractivity contribution in [3.63, 3.8) is 0 Å². The van der Waals surface area contributed by atoms with Gasteiger partial charge in [-0.05, 0) is 60.4 Å². The first-order valence-corrected chi connectivity index (χ1v) is 10.2. The van der Waals surface area contributed by atoms with Gasteiger partial charge >= 0.3 is 0 Å². The summed E-state index contributed by atoms with van der Waals surface area (Å²) in [7, 11) is 0. The molecule has 0 saturated heterocycles. The number of primary amides is 1. The Morgan fingerprint density at radius 3 is 2.60 bits per heavy atom. The smallest absolute Gasteiger partial charge is 0.249 e. The van der Waals surface area contributed by atoms with Gasteiger partial charge in [0.05, 0.1) is 11.0 Å². The predicted molar refractivity (Wildman–Crippen MR) is 115 cm³/mol. The van der Waals surface area contributed by atoms with Crippen molar-refractivity contribution in [1.82, 2.24) is 4.57 Å². The van der Waals surface area contributed by atoms with E-state index in [2.05, 4.69) is 19.1 Å². The van der Waals surface area contributed by atoms with Gasteiger partial charge in [-0.3, -0.25) is 4.79 Å². The maximum absolute atomic E-state index is 13.8. The number of aromatic nitrogens is 1. The molecule has 1 amide bonds. The van der Waals surface area contributed by atoms with Crippen LogP contribution in [-0.4, -0.2) is 10.5 Å². The van der Waals surface area contributed by atoms with Gasteiger partial charge in [-0.2, -0.15) is 0 Å². The molecule has 0 bridgehead atoms. The van der Waals surface area contributed by atoms with E-state index >= 15 is 0 Å². The normalized spacial score (nSPS) is 11.4. The van der Waals surface area contributed by atoms with Crippen molar-refractivity contribution in [2.45, 2.75) is 39.2 Å². The number of aryl methyl sites for hydroxylation is 1. The van der Waals surface area contributed by atoms with Gasteiger partial charge in [0.2, 0.25) is 5.91 Å². The number of hydrogen-bond donors (Lipinski definition) is 1. The summed E-state index contributed by atoms with van der Waals surface area (Å²) in [6, 6.07) is 16.7. The number of nitrogens with zero attached hydrogens (tertiary/aromatic N) is 1. The van der Waals surface area contributed by atoms with Crippen LogP contribution in [-0.2, 0) is 13.0 Å². The topological polar surface area (TPSA) is 48.0 Å². The van der Waals surface area contributed by atoms with Crippen molar-refractivity contribution in [2.75, 3.05) is 0 Å². The Labute approximate surface area is 174 Å². The number of hydrogen-bond acceptors (Lipinski definition) is 1. The molecule has 3 nitrogen and oxygen atoms in total. The number of amides is 1. The molecule has 1 radical (unpaired) electrons. The van der Waals surface area contributed by atoms with E-state index in [-0.39, 0.29) is 0 Å². The summed E-state index contributed by atoms with van der Waals surface area (Å²) >= 11 is 0. The lowest BCUT2D eigenvalue weighted by molar-refractivity contribution is 0.100. The molecule has 0 aliphatic carbocycles. The van der Waals surface area contributed by atoms with Crippen molar-refractivity contribution in [1.29, 1.82) is 0 Å². The van der Waals surface area contributed by atoms with Gasteiger partial charge in [-0.1, -0.05) is 38.0 Å². The lowest BCUT2D eigenvalue weighted by Gasteiger charge is -2.09. The van der Waals surface area contributed by atoms with Gasteiger partial charge in [0.1, 0.15) is 0 Å². The van der Waals surface area contributed by atoms with Gasteiger partial charge in [0.25, 0.3) is 0 Å². The molecule has 0 unspecified atom stereocenters. The standard InChI is InChI=1S/C25H23F2N2O/c1-2-3-4-6-16-9-11-18-23(14-16)29(15-17-10-12-20(26)21(27)13-17)22-8-5-7-19(24(18)22)25(28)30/h5,7-10,12-14H,2-4,6,15H2,1H3,(H2,28,30). The molecular formula is C25H23F2N2O. The molecule has 153 valence electrons. The average molecular weight is 405 g/mol. The zero-order valence-corrected chi connectivity index (χ0v) is 16.8. The number of halogens is 2. The molecular weight excluding hydrogens is 382 g/mol. The summed E-state index contributed by atoms with van der Waals surface area (Å²) < 4.78 is 29.2. The number of rotatable bonds is 7. The highest BCUT2D eigenvalue weighted by Crippen LogP contribution is 2.33. The Balaban J connectivity index is 1.91. The summed E-state index contributed by atoms with van der Waals surface area (Å²) in [6.07, 6.45) is 4.33. The minimum atomic E-state index is -0.877. The van der Waals surface area contributed by atoms with Crippen molar-refractivity contribution in [3.8, 4) is 0 Å². The van der Waals surface area contributed by atoms with Gasteiger partial charge in [0.15, 0.2) is 11.6 Å². The zero-order valence-electron chi connectivity index (χ0n) is 16.8. The highest BCUT2D eigenvalue weighted by atomic mass is 19.2. The van der Waals surface area contributed by atoms with Gasteiger partial charge in [0, 0.05) is 22.9 Å². The second-order valence-corrected chi connectivity index (χ2v) is 7.62. The third-order valence-electron chi connectivity index (χ3n) is 5.51. The van der Waals surface area contributed by atoms with E-state index in [0.29, 0.717) is 17.7 Å². The van der Waals surface area contributed by atoms with Gasteiger partial charge in [-0.25, -0.2) is 8.78 Å². The summed E-state index contributed by atoms with van der Waals surface area (Å²) in [4.78, 5) is 12.1. The Kier molecular flexibility index (Phi) is 5.53. The van der Waals surface area contributed by atoms with Crippen molar-refractivity contribution < 1.29 is 13.6 Å². The first kappa shape index (κ1) is 20.1. The van der Waals surface area contributed by atoms with E-state index in [4.69, 9.17) is 5.73 Å². The minimum Gasteiger partial charge on any atom is -0.366 e. The number of unbranched alkanes of at least 4 members (excludes halogenated alkanes) is 2.